The molecular weight excluding hydrogens is 356 g/mol. The lowest BCUT2D eigenvalue weighted by molar-refractivity contribution is 0.210. The summed E-state index contributed by atoms with van der Waals surface area (Å²) in [5, 5.41) is 0.718. The van der Waals surface area contributed by atoms with Gasteiger partial charge in [-0.3, -0.25) is 0 Å². The van der Waals surface area contributed by atoms with Crippen molar-refractivity contribution in [1.29, 1.82) is 0 Å². The molecule has 0 amide bonds. The van der Waals surface area contributed by atoms with Crippen molar-refractivity contribution in [2.45, 2.75) is 78.2 Å². The van der Waals surface area contributed by atoms with Crippen molar-refractivity contribution in [3.63, 3.8) is 0 Å². The quantitative estimate of drug-likeness (QED) is 0.305. The van der Waals surface area contributed by atoms with Crippen molar-refractivity contribution < 1.29 is 18.6 Å². The van der Waals surface area contributed by atoms with Crippen LogP contribution in [-0.2, 0) is 0 Å². The average Bonchev–Trinajstić information content (AvgIpc) is 2.67. The summed E-state index contributed by atoms with van der Waals surface area (Å²) in [7, 11) is 1.58. The molecule has 0 unspecified atom stereocenters. The van der Waals surface area contributed by atoms with Gasteiger partial charge in [-0.15, -0.1) is 0 Å². The molecule has 1 heterocycles. The third kappa shape index (κ3) is 6.47. The molecule has 2 aromatic rings. The van der Waals surface area contributed by atoms with Crippen LogP contribution in [0.3, 0.4) is 0 Å². The fourth-order valence-electron chi connectivity index (χ4n) is 3.15. The van der Waals surface area contributed by atoms with Crippen LogP contribution < -0.4 is 19.8 Å². The molecule has 5 heteroatoms. The van der Waals surface area contributed by atoms with E-state index in [0.29, 0.717) is 23.7 Å². The number of fused-ring (bicyclic) bond motifs is 1. The molecule has 0 atom stereocenters. The maximum atomic E-state index is 12.4. The lowest BCUT2D eigenvalue weighted by atomic mass is 10.1. The van der Waals surface area contributed by atoms with Crippen molar-refractivity contribution >= 4 is 11.0 Å². The monoisotopic (exact) mass is 390 g/mol. The van der Waals surface area contributed by atoms with Crippen LogP contribution in [0, 0.1) is 0 Å². The molecule has 0 saturated carbocycles. The van der Waals surface area contributed by atoms with Crippen molar-refractivity contribution in [3.8, 4) is 17.2 Å². The molecule has 0 bridgehead atoms. The van der Waals surface area contributed by atoms with Crippen LogP contribution in [0.2, 0.25) is 0 Å². The topological polar surface area (TPSA) is 57.9 Å². The normalized spacial score (nSPS) is 11.2. The number of benzene rings is 1. The van der Waals surface area contributed by atoms with Crippen LogP contribution in [-0.4, -0.2) is 19.8 Å². The number of hydrogen-bond donors (Lipinski definition) is 0. The third-order valence-electron chi connectivity index (χ3n) is 4.63. The fourth-order valence-corrected chi connectivity index (χ4v) is 3.15. The molecule has 0 fully saturated rings. The second-order valence-corrected chi connectivity index (χ2v) is 7.40. The smallest absolute Gasteiger partial charge is 0.383 e. The summed E-state index contributed by atoms with van der Waals surface area (Å²) in [6, 6.07) is 5.36. The lowest BCUT2D eigenvalue weighted by Gasteiger charge is -2.16. The summed E-state index contributed by atoms with van der Waals surface area (Å²) >= 11 is 0. The van der Waals surface area contributed by atoms with E-state index in [1.807, 2.05) is 26.0 Å². The standard InChI is InChI=1S/C23H34O5/c1-5-6-7-8-9-10-11-12-15-26-21-19-14-13-18(25-4)16-20(19)28-23(24)22(21)27-17(2)3/h13-14,16-17H,5-12,15H2,1-4H3. The molecular formula is C23H34O5. The van der Waals surface area contributed by atoms with E-state index in [1.165, 1.54) is 38.5 Å². The third-order valence-corrected chi connectivity index (χ3v) is 4.63. The van der Waals surface area contributed by atoms with Crippen LogP contribution >= 0.6 is 0 Å². The molecule has 5 nitrogen and oxygen atoms in total. The number of methoxy groups -OCH3 is 1. The Morgan fingerprint density at radius 1 is 0.964 bits per heavy atom. The Kier molecular flexibility index (Phi) is 9.18. The van der Waals surface area contributed by atoms with Crippen LogP contribution in [0.4, 0.5) is 0 Å². The van der Waals surface area contributed by atoms with Crippen LogP contribution in [0.15, 0.2) is 27.4 Å². The molecule has 1 aromatic heterocycles. The van der Waals surface area contributed by atoms with Crippen molar-refractivity contribution in [2.24, 2.45) is 0 Å². The van der Waals surface area contributed by atoms with Gasteiger partial charge in [0.25, 0.3) is 0 Å². The van der Waals surface area contributed by atoms with E-state index in [4.69, 9.17) is 18.6 Å². The Morgan fingerprint density at radius 2 is 1.64 bits per heavy atom. The predicted molar refractivity (Wildman–Crippen MR) is 113 cm³/mol. The molecule has 0 aliphatic carbocycles. The molecule has 1 aromatic carbocycles. The molecule has 0 aliphatic rings. The summed E-state index contributed by atoms with van der Waals surface area (Å²) in [4.78, 5) is 12.4. The van der Waals surface area contributed by atoms with Crippen molar-refractivity contribution in [1.82, 2.24) is 0 Å². The molecule has 2 rings (SSSR count). The van der Waals surface area contributed by atoms with Crippen molar-refractivity contribution in [2.75, 3.05) is 13.7 Å². The molecule has 0 N–H and O–H groups in total. The maximum Gasteiger partial charge on any atom is 0.383 e. The Morgan fingerprint density at radius 3 is 2.29 bits per heavy atom. The first-order valence-corrected chi connectivity index (χ1v) is 10.5. The second kappa shape index (κ2) is 11.6. The highest BCUT2D eigenvalue weighted by Gasteiger charge is 2.19. The van der Waals surface area contributed by atoms with Crippen LogP contribution in [0.25, 0.3) is 11.0 Å². The molecule has 156 valence electrons. The molecule has 0 spiro atoms. The van der Waals surface area contributed by atoms with E-state index in [0.717, 1.165) is 18.2 Å². The Balaban J connectivity index is 2.05. The Labute approximate surface area is 168 Å². The van der Waals surface area contributed by atoms with E-state index < -0.39 is 5.63 Å². The summed E-state index contributed by atoms with van der Waals surface area (Å²) in [5.41, 5.74) is -0.0910. The summed E-state index contributed by atoms with van der Waals surface area (Å²) in [6.45, 7) is 6.53. The fraction of sp³-hybridized carbons (Fsp3) is 0.609. The van der Waals surface area contributed by atoms with Gasteiger partial charge in [-0.05, 0) is 32.4 Å². The lowest BCUT2D eigenvalue weighted by Crippen LogP contribution is -2.15. The number of hydrogen-bond acceptors (Lipinski definition) is 5. The Hall–Kier alpha value is -2.17. The molecule has 28 heavy (non-hydrogen) atoms. The zero-order valence-electron chi connectivity index (χ0n) is 17.7. The maximum absolute atomic E-state index is 12.4. The van der Waals surface area contributed by atoms with E-state index in [9.17, 15) is 4.79 Å². The van der Waals surface area contributed by atoms with Gasteiger partial charge in [0, 0.05) is 6.07 Å². The summed E-state index contributed by atoms with van der Waals surface area (Å²) in [6.07, 6.45) is 9.67. The second-order valence-electron chi connectivity index (χ2n) is 7.40. The van der Waals surface area contributed by atoms with Gasteiger partial charge in [-0.25, -0.2) is 4.79 Å². The highest BCUT2D eigenvalue weighted by molar-refractivity contribution is 5.86. The van der Waals surface area contributed by atoms with Crippen LogP contribution in [0.1, 0.15) is 72.1 Å². The largest absolute Gasteiger partial charge is 0.497 e. The van der Waals surface area contributed by atoms with Crippen LogP contribution in [0.5, 0.6) is 17.2 Å². The van der Waals surface area contributed by atoms with Crippen molar-refractivity contribution in [3.05, 3.63) is 28.6 Å². The minimum Gasteiger partial charge on any atom is -0.497 e. The summed E-state index contributed by atoms with van der Waals surface area (Å²) < 4.78 is 22.4. The van der Waals surface area contributed by atoms with Gasteiger partial charge in [-0.2, -0.15) is 0 Å². The van der Waals surface area contributed by atoms with Gasteiger partial charge >= 0.3 is 5.63 Å². The molecule has 0 aliphatic heterocycles. The molecule has 0 radical (unpaired) electrons. The SMILES string of the molecule is CCCCCCCCCCOc1c(OC(C)C)c(=O)oc2cc(OC)ccc12. The minimum atomic E-state index is -0.527. The predicted octanol–water partition coefficient (Wildman–Crippen LogP) is 6.11. The number of ether oxygens (including phenoxy) is 3. The van der Waals surface area contributed by atoms with E-state index >= 15 is 0 Å². The average molecular weight is 391 g/mol. The van der Waals surface area contributed by atoms with Gasteiger partial charge in [0.05, 0.1) is 25.2 Å². The van der Waals surface area contributed by atoms with Gasteiger partial charge in [0.2, 0.25) is 5.75 Å². The van der Waals surface area contributed by atoms with E-state index in [-0.39, 0.29) is 11.9 Å². The first kappa shape index (κ1) is 22.1. The highest BCUT2D eigenvalue weighted by Crippen LogP contribution is 2.35. The van der Waals surface area contributed by atoms with Gasteiger partial charge < -0.3 is 18.6 Å². The zero-order chi connectivity index (χ0) is 20.4. The minimum absolute atomic E-state index is 0.146. The number of unbranched alkanes of at least 4 members (excludes halogenated alkanes) is 7. The van der Waals surface area contributed by atoms with Gasteiger partial charge in [0.1, 0.15) is 11.3 Å². The zero-order valence-corrected chi connectivity index (χ0v) is 17.7. The van der Waals surface area contributed by atoms with E-state index in [2.05, 4.69) is 6.92 Å². The summed E-state index contributed by atoms with van der Waals surface area (Å²) in [5.74, 6) is 1.24. The first-order valence-electron chi connectivity index (χ1n) is 10.5. The molecule has 0 saturated heterocycles. The van der Waals surface area contributed by atoms with E-state index in [1.54, 1.807) is 13.2 Å². The number of rotatable bonds is 13. The Bertz CT molecular complexity index is 778. The van der Waals surface area contributed by atoms with Gasteiger partial charge in [0.15, 0.2) is 5.75 Å². The first-order chi connectivity index (χ1) is 13.6. The van der Waals surface area contributed by atoms with Gasteiger partial charge in [-0.1, -0.05) is 51.9 Å². The highest BCUT2D eigenvalue weighted by atomic mass is 16.5.